The quantitative estimate of drug-likeness (QED) is 0.365. The molecule has 11 nitrogen and oxygen atoms in total. The topological polar surface area (TPSA) is 126 Å². The Kier molecular flexibility index (Phi) is 6.83. The van der Waals surface area contributed by atoms with Crippen LogP contribution in [0, 0.1) is 10.1 Å². The summed E-state index contributed by atoms with van der Waals surface area (Å²) in [7, 11) is -0.918. The van der Waals surface area contributed by atoms with Gasteiger partial charge in [0.15, 0.2) is 0 Å². The van der Waals surface area contributed by atoms with Crippen LogP contribution in [-0.4, -0.2) is 73.3 Å². The number of rotatable bonds is 6. The van der Waals surface area contributed by atoms with Crippen molar-refractivity contribution in [3.8, 4) is 0 Å². The zero-order chi connectivity index (χ0) is 26.2. The summed E-state index contributed by atoms with van der Waals surface area (Å²) in [4.78, 5) is 40.8. The lowest BCUT2D eigenvalue weighted by atomic mass is 10.1. The fourth-order valence-electron chi connectivity index (χ4n) is 4.29. The first-order valence-electron chi connectivity index (χ1n) is 11.4. The van der Waals surface area contributed by atoms with Crippen molar-refractivity contribution in [2.75, 3.05) is 45.2 Å². The van der Waals surface area contributed by atoms with Crippen molar-refractivity contribution < 1.29 is 18.1 Å². The summed E-state index contributed by atoms with van der Waals surface area (Å²) in [5, 5.41) is 11.1. The molecule has 1 amide bonds. The normalized spacial score (nSPS) is 14.4. The van der Waals surface area contributed by atoms with Crippen LogP contribution in [0.4, 0.5) is 11.4 Å². The number of hydrogen-bond donors (Lipinski definition) is 0. The fraction of sp³-hybridized carbons (Fsp3) is 0.333. The molecule has 2 heterocycles. The van der Waals surface area contributed by atoms with E-state index in [0.717, 1.165) is 9.99 Å². The van der Waals surface area contributed by atoms with Gasteiger partial charge in [-0.3, -0.25) is 19.7 Å². The number of nitro groups is 1. The van der Waals surface area contributed by atoms with Crippen LogP contribution >= 0.6 is 0 Å². The molecule has 0 saturated carbocycles. The van der Waals surface area contributed by atoms with E-state index in [9.17, 15) is 28.1 Å². The molecule has 0 unspecified atom stereocenters. The Bertz CT molecular complexity index is 1490. The number of carbonyl (C=O) groups excluding carboxylic acids is 1. The van der Waals surface area contributed by atoms with Crippen LogP contribution in [-0.2, 0) is 16.6 Å². The Morgan fingerprint density at radius 2 is 1.69 bits per heavy atom. The minimum atomic E-state index is -3.75. The molecule has 12 heteroatoms. The maximum Gasteiger partial charge on any atom is 0.269 e. The molecule has 1 aliphatic rings. The molecule has 190 valence electrons. The number of anilines is 1. The molecule has 0 bridgehead atoms. The number of hydrogen-bond acceptors (Lipinski definition) is 7. The monoisotopic (exact) mass is 513 g/mol. The highest BCUT2D eigenvalue weighted by Gasteiger charge is 2.26. The molecule has 1 fully saturated rings. The molecular formula is C24H27N5O6S. The van der Waals surface area contributed by atoms with Crippen molar-refractivity contribution in [2.45, 2.75) is 18.4 Å². The molecule has 0 radical (unpaired) electrons. The predicted octanol–water partition coefficient (Wildman–Crippen LogP) is 2.14. The van der Waals surface area contributed by atoms with Gasteiger partial charge in [0.25, 0.3) is 11.6 Å². The van der Waals surface area contributed by atoms with Crippen molar-refractivity contribution in [2.24, 2.45) is 0 Å². The second kappa shape index (κ2) is 9.70. The molecule has 1 saturated heterocycles. The number of sulfonamides is 1. The van der Waals surface area contributed by atoms with E-state index in [1.54, 1.807) is 27.7 Å². The number of fused-ring (bicyclic) bond motifs is 1. The zero-order valence-corrected chi connectivity index (χ0v) is 21.1. The van der Waals surface area contributed by atoms with Crippen LogP contribution in [0.5, 0.6) is 0 Å². The van der Waals surface area contributed by atoms with Gasteiger partial charge in [-0.25, -0.2) is 12.7 Å². The predicted molar refractivity (Wildman–Crippen MR) is 136 cm³/mol. The molecule has 4 rings (SSSR count). The minimum absolute atomic E-state index is 0.00691. The molecule has 2 aromatic carbocycles. The molecular weight excluding hydrogens is 486 g/mol. The first kappa shape index (κ1) is 25.3. The summed E-state index contributed by atoms with van der Waals surface area (Å²) < 4.78 is 28.1. The van der Waals surface area contributed by atoms with Gasteiger partial charge in [-0.15, -0.1) is 0 Å². The largest absolute Gasteiger partial charge is 0.368 e. The summed E-state index contributed by atoms with van der Waals surface area (Å²) in [6.45, 7) is 4.12. The van der Waals surface area contributed by atoms with Crippen LogP contribution in [0.15, 0.2) is 58.4 Å². The van der Waals surface area contributed by atoms with E-state index < -0.39 is 26.3 Å². The fourth-order valence-corrected chi connectivity index (χ4v) is 5.21. The third-order valence-electron chi connectivity index (χ3n) is 6.39. The van der Waals surface area contributed by atoms with Crippen molar-refractivity contribution in [3.05, 3.63) is 74.6 Å². The van der Waals surface area contributed by atoms with Gasteiger partial charge in [-0.2, -0.15) is 0 Å². The average molecular weight is 514 g/mol. The number of pyridine rings is 1. The lowest BCUT2D eigenvalue weighted by molar-refractivity contribution is -0.384. The van der Waals surface area contributed by atoms with Crippen LogP contribution in [0.2, 0.25) is 0 Å². The Balaban J connectivity index is 1.61. The molecule has 36 heavy (non-hydrogen) atoms. The zero-order valence-electron chi connectivity index (χ0n) is 20.2. The highest BCUT2D eigenvalue weighted by atomic mass is 32.2. The van der Waals surface area contributed by atoms with E-state index in [4.69, 9.17) is 0 Å². The van der Waals surface area contributed by atoms with Gasteiger partial charge in [0, 0.05) is 76.2 Å². The molecule has 1 aromatic heterocycles. The van der Waals surface area contributed by atoms with Crippen LogP contribution in [0.1, 0.15) is 17.3 Å². The summed E-state index contributed by atoms with van der Waals surface area (Å²) in [6.07, 6.45) is 1.54. The number of non-ortho nitro benzene ring substituents is 1. The standard InChI is InChI=1S/C24H27N5O6S/c1-4-26-16-21(23(30)20-15-19(9-10-22(20)26)36(34,35)25(2)3)24(31)28-13-11-27(12-14-28)17-5-7-18(8-6-17)29(32)33/h5-10,15-16H,4,11-14H2,1-3H3. The van der Waals surface area contributed by atoms with Crippen molar-refractivity contribution >= 4 is 38.2 Å². The van der Waals surface area contributed by atoms with Crippen LogP contribution in [0.3, 0.4) is 0 Å². The van der Waals surface area contributed by atoms with Gasteiger partial charge in [-0.05, 0) is 37.3 Å². The highest BCUT2D eigenvalue weighted by molar-refractivity contribution is 7.89. The highest BCUT2D eigenvalue weighted by Crippen LogP contribution is 2.23. The Morgan fingerprint density at radius 1 is 1.06 bits per heavy atom. The van der Waals surface area contributed by atoms with Gasteiger partial charge in [0.05, 0.1) is 15.3 Å². The van der Waals surface area contributed by atoms with Crippen molar-refractivity contribution in [1.82, 2.24) is 13.8 Å². The smallest absolute Gasteiger partial charge is 0.269 e. The third-order valence-corrected chi connectivity index (χ3v) is 8.20. The molecule has 0 spiro atoms. The first-order chi connectivity index (χ1) is 17.0. The number of amides is 1. The number of nitro benzene ring substituents is 1. The summed E-state index contributed by atoms with van der Waals surface area (Å²) >= 11 is 0. The molecule has 0 atom stereocenters. The maximum absolute atomic E-state index is 13.4. The van der Waals surface area contributed by atoms with E-state index in [1.807, 2.05) is 11.8 Å². The number of aromatic nitrogens is 1. The van der Waals surface area contributed by atoms with Crippen LogP contribution < -0.4 is 10.3 Å². The number of nitrogens with zero attached hydrogens (tertiary/aromatic N) is 5. The lowest BCUT2D eigenvalue weighted by Crippen LogP contribution is -2.49. The molecule has 0 aliphatic carbocycles. The van der Waals surface area contributed by atoms with Gasteiger partial charge >= 0.3 is 0 Å². The molecule has 3 aromatic rings. The summed E-state index contributed by atoms with van der Waals surface area (Å²) in [6, 6.07) is 10.6. The number of piperazine rings is 1. The lowest BCUT2D eigenvalue weighted by Gasteiger charge is -2.36. The first-order valence-corrected chi connectivity index (χ1v) is 12.9. The second-order valence-corrected chi connectivity index (χ2v) is 10.8. The minimum Gasteiger partial charge on any atom is -0.368 e. The molecule has 1 aliphatic heterocycles. The summed E-state index contributed by atoms with van der Waals surface area (Å²) in [5.41, 5.74) is 0.875. The van der Waals surface area contributed by atoms with Gasteiger partial charge in [0.2, 0.25) is 15.5 Å². The van der Waals surface area contributed by atoms with Gasteiger partial charge in [0.1, 0.15) is 5.56 Å². The van der Waals surface area contributed by atoms with E-state index in [2.05, 4.69) is 0 Å². The van der Waals surface area contributed by atoms with Crippen molar-refractivity contribution in [3.63, 3.8) is 0 Å². The Labute approximate surface area is 208 Å². The van der Waals surface area contributed by atoms with Crippen LogP contribution in [0.25, 0.3) is 10.9 Å². The number of carbonyl (C=O) groups is 1. The van der Waals surface area contributed by atoms with Gasteiger partial charge in [-0.1, -0.05) is 0 Å². The third kappa shape index (κ3) is 4.56. The van der Waals surface area contributed by atoms with Gasteiger partial charge < -0.3 is 14.4 Å². The molecule has 0 N–H and O–H groups in total. The average Bonchev–Trinajstić information content (AvgIpc) is 2.88. The number of benzene rings is 2. The van der Waals surface area contributed by atoms with E-state index in [1.165, 1.54) is 44.6 Å². The SMILES string of the molecule is CCn1cc(C(=O)N2CCN(c3ccc([N+](=O)[O-])cc3)CC2)c(=O)c2cc(S(=O)(=O)N(C)C)ccc21. The summed E-state index contributed by atoms with van der Waals surface area (Å²) in [5.74, 6) is -0.409. The van der Waals surface area contributed by atoms with E-state index in [-0.39, 0.29) is 21.5 Å². The second-order valence-electron chi connectivity index (χ2n) is 8.68. The Hall–Kier alpha value is -3.77. The van der Waals surface area contributed by atoms with Crippen molar-refractivity contribution in [1.29, 1.82) is 0 Å². The number of aryl methyl sites for hydroxylation is 1. The Morgan fingerprint density at radius 3 is 2.25 bits per heavy atom. The van der Waals surface area contributed by atoms with E-state index >= 15 is 0 Å². The van der Waals surface area contributed by atoms with E-state index in [0.29, 0.717) is 38.2 Å². The maximum atomic E-state index is 13.4.